The first-order valence-electron chi connectivity index (χ1n) is 5.67. The largest absolute Gasteiger partial charge is 0.462 e. The number of rotatable bonds is 2. The minimum Gasteiger partial charge on any atom is -0.462 e. The highest BCUT2D eigenvalue weighted by atomic mass is 16.5. The normalized spacial score (nSPS) is 18.2. The summed E-state index contributed by atoms with van der Waals surface area (Å²) in [4.78, 5) is 26.5. The van der Waals surface area contributed by atoms with Crippen molar-refractivity contribution in [3.8, 4) is 0 Å². The molecule has 5 nitrogen and oxygen atoms in total. The first-order chi connectivity index (χ1) is 7.60. The van der Waals surface area contributed by atoms with Crippen LogP contribution < -0.4 is 0 Å². The second kappa shape index (κ2) is 5.84. The van der Waals surface area contributed by atoms with Crippen molar-refractivity contribution in [3.05, 3.63) is 0 Å². The number of methoxy groups -OCH3 is 1. The van der Waals surface area contributed by atoms with Gasteiger partial charge in [-0.25, -0.2) is 4.79 Å². The Labute approximate surface area is 96.3 Å². The molecule has 1 amide bonds. The van der Waals surface area contributed by atoms with E-state index in [0.717, 1.165) is 32.5 Å². The summed E-state index contributed by atoms with van der Waals surface area (Å²) in [5, 5.41) is 0. The minimum atomic E-state index is -0.777. The molecule has 1 aliphatic heterocycles. The summed E-state index contributed by atoms with van der Waals surface area (Å²) in [6, 6.07) is 0.161. The van der Waals surface area contributed by atoms with E-state index in [2.05, 4.69) is 16.6 Å². The lowest BCUT2D eigenvalue weighted by Gasteiger charge is -2.35. The molecule has 1 rings (SSSR count). The maximum Gasteiger partial charge on any atom is 0.396 e. The molecule has 0 spiro atoms. The molecule has 0 unspecified atom stereocenters. The maximum absolute atomic E-state index is 11.6. The topological polar surface area (TPSA) is 49.9 Å². The molecular weight excluding hydrogens is 208 g/mol. The first kappa shape index (κ1) is 13.0. The molecule has 0 aromatic heterocycles. The fourth-order valence-electron chi connectivity index (χ4n) is 2.02. The molecule has 0 aliphatic carbocycles. The van der Waals surface area contributed by atoms with Gasteiger partial charge in [0.25, 0.3) is 0 Å². The molecule has 16 heavy (non-hydrogen) atoms. The van der Waals surface area contributed by atoms with Crippen LogP contribution in [0.1, 0.15) is 19.8 Å². The van der Waals surface area contributed by atoms with Crippen LogP contribution in [0.2, 0.25) is 0 Å². The van der Waals surface area contributed by atoms with Gasteiger partial charge in [0.05, 0.1) is 7.11 Å². The minimum absolute atomic E-state index is 0.161. The van der Waals surface area contributed by atoms with E-state index in [1.165, 1.54) is 12.0 Å². The van der Waals surface area contributed by atoms with Gasteiger partial charge in [0.1, 0.15) is 0 Å². The molecule has 0 radical (unpaired) electrons. The molecule has 0 aromatic rings. The van der Waals surface area contributed by atoms with Gasteiger partial charge in [-0.2, -0.15) is 0 Å². The standard InChI is InChI=1S/C11H20N2O3/c1-4-13-7-5-9(6-8-13)12(2)10(14)11(15)16-3/h9H,4-8H2,1-3H3. The Morgan fingerprint density at radius 3 is 2.38 bits per heavy atom. The van der Waals surface area contributed by atoms with Gasteiger partial charge < -0.3 is 14.5 Å². The van der Waals surface area contributed by atoms with Gasteiger partial charge in [-0.3, -0.25) is 4.79 Å². The number of likely N-dealkylation sites (N-methyl/N-ethyl adjacent to an activating group) is 1. The zero-order chi connectivity index (χ0) is 12.1. The molecule has 1 aliphatic rings. The number of ether oxygens (including phenoxy) is 1. The fraction of sp³-hybridized carbons (Fsp3) is 0.818. The summed E-state index contributed by atoms with van der Waals surface area (Å²) >= 11 is 0. The average molecular weight is 228 g/mol. The summed E-state index contributed by atoms with van der Waals surface area (Å²) in [5.74, 6) is -1.32. The Hall–Kier alpha value is -1.10. The van der Waals surface area contributed by atoms with Gasteiger partial charge >= 0.3 is 11.9 Å². The molecule has 1 fully saturated rings. The van der Waals surface area contributed by atoms with Crippen molar-refractivity contribution in [2.24, 2.45) is 0 Å². The number of amides is 1. The van der Waals surface area contributed by atoms with E-state index >= 15 is 0 Å². The van der Waals surface area contributed by atoms with Crippen LogP contribution in [-0.4, -0.2) is 61.5 Å². The maximum atomic E-state index is 11.6. The van der Waals surface area contributed by atoms with E-state index in [1.807, 2.05) is 0 Å². The van der Waals surface area contributed by atoms with Crippen molar-refractivity contribution in [2.45, 2.75) is 25.8 Å². The highest BCUT2D eigenvalue weighted by Crippen LogP contribution is 2.15. The Bertz CT molecular complexity index is 260. The average Bonchev–Trinajstić information content (AvgIpc) is 2.36. The van der Waals surface area contributed by atoms with Gasteiger partial charge in [-0.05, 0) is 19.4 Å². The van der Waals surface area contributed by atoms with Crippen LogP contribution in [0, 0.1) is 0 Å². The fourth-order valence-corrected chi connectivity index (χ4v) is 2.02. The smallest absolute Gasteiger partial charge is 0.396 e. The summed E-state index contributed by atoms with van der Waals surface area (Å²) in [5.41, 5.74) is 0. The van der Waals surface area contributed by atoms with Crippen LogP contribution >= 0.6 is 0 Å². The van der Waals surface area contributed by atoms with Gasteiger partial charge in [0, 0.05) is 26.2 Å². The lowest BCUT2D eigenvalue weighted by molar-refractivity contribution is -0.159. The highest BCUT2D eigenvalue weighted by Gasteiger charge is 2.28. The molecule has 0 saturated carbocycles. The molecule has 92 valence electrons. The monoisotopic (exact) mass is 228 g/mol. The zero-order valence-corrected chi connectivity index (χ0v) is 10.2. The van der Waals surface area contributed by atoms with E-state index in [-0.39, 0.29) is 6.04 Å². The lowest BCUT2D eigenvalue weighted by Crippen LogP contribution is -2.47. The predicted molar refractivity (Wildman–Crippen MR) is 59.9 cm³/mol. The van der Waals surface area contributed by atoms with Crippen molar-refractivity contribution >= 4 is 11.9 Å². The van der Waals surface area contributed by atoms with Crippen LogP contribution in [0.25, 0.3) is 0 Å². The Morgan fingerprint density at radius 2 is 1.94 bits per heavy atom. The van der Waals surface area contributed by atoms with E-state index in [1.54, 1.807) is 7.05 Å². The molecule has 5 heteroatoms. The Balaban J connectivity index is 2.47. The molecule has 1 heterocycles. The van der Waals surface area contributed by atoms with E-state index in [4.69, 9.17) is 0 Å². The van der Waals surface area contributed by atoms with Gasteiger partial charge in [0.15, 0.2) is 0 Å². The third-order valence-electron chi connectivity index (χ3n) is 3.23. The van der Waals surface area contributed by atoms with E-state index in [9.17, 15) is 9.59 Å². The molecule has 0 atom stereocenters. The van der Waals surface area contributed by atoms with Crippen molar-refractivity contribution in [3.63, 3.8) is 0 Å². The van der Waals surface area contributed by atoms with Gasteiger partial charge in [0.2, 0.25) is 0 Å². The Kier molecular flexibility index (Phi) is 4.73. The quantitative estimate of drug-likeness (QED) is 0.497. The summed E-state index contributed by atoms with van der Waals surface area (Å²) < 4.78 is 4.43. The number of carbonyl (C=O) groups excluding carboxylic acids is 2. The second-order valence-corrected chi connectivity index (χ2v) is 4.07. The summed E-state index contributed by atoms with van der Waals surface area (Å²) in [6.07, 6.45) is 1.85. The van der Waals surface area contributed by atoms with E-state index < -0.39 is 11.9 Å². The van der Waals surface area contributed by atoms with Crippen LogP contribution in [0.4, 0.5) is 0 Å². The van der Waals surface area contributed by atoms with Crippen LogP contribution in [0.3, 0.4) is 0 Å². The predicted octanol–water partition coefficient (Wildman–Crippen LogP) is 0.102. The number of likely N-dealkylation sites (tertiary alicyclic amines) is 1. The van der Waals surface area contributed by atoms with Crippen LogP contribution in [-0.2, 0) is 14.3 Å². The number of hydrogen-bond acceptors (Lipinski definition) is 4. The number of carbonyl (C=O) groups is 2. The molecule has 0 N–H and O–H groups in total. The first-order valence-corrected chi connectivity index (χ1v) is 5.67. The zero-order valence-electron chi connectivity index (χ0n) is 10.2. The van der Waals surface area contributed by atoms with E-state index in [0.29, 0.717) is 0 Å². The van der Waals surface area contributed by atoms with Crippen LogP contribution in [0.5, 0.6) is 0 Å². The third-order valence-corrected chi connectivity index (χ3v) is 3.23. The van der Waals surface area contributed by atoms with Gasteiger partial charge in [-0.15, -0.1) is 0 Å². The molecular formula is C11H20N2O3. The summed E-state index contributed by atoms with van der Waals surface area (Å²) in [6.45, 7) is 5.14. The number of esters is 1. The number of nitrogens with zero attached hydrogens (tertiary/aromatic N) is 2. The third kappa shape index (κ3) is 2.95. The van der Waals surface area contributed by atoms with Gasteiger partial charge in [-0.1, -0.05) is 6.92 Å². The summed E-state index contributed by atoms with van der Waals surface area (Å²) in [7, 11) is 2.90. The SMILES string of the molecule is CCN1CCC(N(C)C(=O)C(=O)OC)CC1. The van der Waals surface area contributed by atoms with Crippen molar-refractivity contribution in [2.75, 3.05) is 33.8 Å². The number of piperidine rings is 1. The second-order valence-electron chi connectivity index (χ2n) is 4.07. The van der Waals surface area contributed by atoms with Crippen molar-refractivity contribution < 1.29 is 14.3 Å². The van der Waals surface area contributed by atoms with Crippen LogP contribution in [0.15, 0.2) is 0 Å². The molecule has 0 bridgehead atoms. The Morgan fingerprint density at radius 1 is 1.38 bits per heavy atom. The molecule has 1 saturated heterocycles. The lowest BCUT2D eigenvalue weighted by atomic mass is 10.0. The highest BCUT2D eigenvalue weighted by molar-refractivity contribution is 6.32. The number of hydrogen-bond donors (Lipinski definition) is 0. The van der Waals surface area contributed by atoms with Crippen molar-refractivity contribution in [1.29, 1.82) is 0 Å². The van der Waals surface area contributed by atoms with Crippen molar-refractivity contribution in [1.82, 2.24) is 9.80 Å². The molecule has 0 aromatic carbocycles.